The summed E-state index contributed by atoms with van der Waals surface area (Å²) >= 11 is 1.48. The molecule has 13 heavy (non-hydrogen) atoms. The molecule has 1 rings (SSSR count). The molecule has 72 valence electrons. The van der Waals surface area contributed by atoms with Crippen LogP contribution in [0.1, 0.15) is 35.3 Å². The van der Waals surface area contributed by atoms with Crippen molar-refractivity contribution in [2.75, 3.05) is 0 Å². The molecule has 0 spiro atoms. The summed E-state index contributed by atoms with van der Waals surface area (Å²) < 4.78 is 0. The van der Waals surface area contributed by atoms with Crippen LogP contribution >= 0.6 is 11.3 Å². The SMILES string of the molecule is CC(C)(C)c1ccc(C(=O)NN)s1. The van der Waals surface area contributed by atoms with Gasteiger partial charge in [-0.3, -0.25) is 10.2 Å². The standard InChI is InChI=1S/C9H14N2OS/c1-9(2,3)7-5-4-6(13-7)8(12)11-10/h4-5H,10H2,1-3H3,(H,11,12). The Morgan fingerprint density at radius 3 is 2.46 bits per heavy atom. The van der Waals surface area contributed by atoms with E-state index in [0.717, 1.165) is 0 Å². The van der Waals surface area contributed by atoms with E-state index in [0.29, 0.717) is 4.88 Å². The third-order valence-electron chi connectivity index (χ3n) is 1.70. The van der Waals surface area contributed by atoms with Crippen molar-refractivity contribution < 1.29 is 4.79 Å². The number of hydrazine groups is 1. The summed E-state index contributed by atoms with van der Waals surface area (Å²) in [4.78, 5) is 13.0. The van der Waals surface area contributed by atoms with E-state index in [9.17, 15) is 4.79 Å². The lowest BCUT2D eigenvalue weighted by Gasteiger charge is -2.15. The predicted octanol–water partition coefficient (Wildman–Crippen LogP) is 1.65. The molecule has 3 N–H and O–H groups in total. The lowest BCUT2D eigenvalue weighted by atomic mass is 9.95. The fraction of sp³-hybridized carbons (Fsp3) is 0.444. The van der Waals surface area contributed by atoms with Gasteiger partial charge in [0.1, 0.15) is 0 Å². The molecule has 0 bridgehead atoms. The third-order valence-corrected chi connectivity index (χ3v) is 3.21. The summed E-state index contributed by atoms with van der Waals surface area (Å²) in [6.07, 6.45) is 0. The Bertz CT molecular complexity index is 312. The number of carbonyl (C=O) groups is 1. The molecule has 0 radical (unpaired) electrons. The van der Waals surface area contributed by atoms with Crippen LogP contribution in [0.15, 0.2) is 12.1 Å². The van der Waals surface area contributed by atoms with E-state index in [1.54, 1.807) is 6.07 Å². The van der Waals surface area contributed by atoms with Crippen LogP contribution in [0.5, 0.6) is 0 Å². The summed E-state index contributed by atoms with van der Waals surface area (Å²) in [5.41, 5.74) is 2.21. The first-order valence-electron chi connectivity index (χ1n) is 4.06. The second kappa shape index (κ2) is 3.47. The molecule has 1 aromatic heterocycles. The van der Waals surface area contributed by atoms with Crippen molar-refractivity contribution in [3.8, 4) is 0 Å². The second-order valence-electron chi connectivity index (χ2n) is 3.89. The molecular weight excluding hydrogens is 184 g/mol. The van der Waals surface area contributed by atoms with E-state index >= 15 is 0 Å². The zero-order chi connectivity index (χ0) is 10.1. The van der Waals surface area contributed by atoms with Crippen molar-refractivity contribution in [2.24, 2.45) is 5.84 Å². The fourth-order valence-electron chi connectivity index (χ4n) is 0.934. The van der Waals surface area contributed by atoms with Gasteiger partial charge in [0.05, 0.1) is 4.88 Å². The molecule has 0 unspecified atom stereocenters. The predicted molar refractivity (Wildman–Crippen MR) is 54.7 cm³/mol. The zero-order valence-corrected chi connectivity index (χ0v) is 8.87. The second-order valence-corrected chi connectivity index (χ2v) is 4.97. The molecule has 0 saturated heterocycles. The number of nitrogen functional groups attached to an aromatic ring is 1. The Hall–Kier alpha value is -0.870. The summed E-state index contributed by atoms with van der Waals surface area (Å²) in [5, 5.41) is 0. The van der Waals surface area contributed by atoms with Gasteiger partial charge in [0.2, 0.25) is 0 Å². The highest BCUT2D eigenvalue weighted by Crippen LogP contribution is 2.29. The maximum Gasteiger partial charge on any atom is 0.275 e. The van der Waals surface area contributed by atoms with Crippen LogP contribution in [-0.2, 0) is 5.41 Å². The van der Waals surface area contributed by atoms with Crippen molar-refractivity contribution in [3.05, 3.63) is 21.9 Å². The highest BCUT2D eigenvalue weighted by atomic mass is 32.1. The van der Waals surface area contributed by atoms with Gasteiger partial charge >= 0.3 is 0 Å². The van der Waals surface area contributed by atoms with Crippen LogP contribution in [0.2, 0.25) is 0 Å². The van der Waals surface area contributed by atoms with Gasteiger partial charge in [0.25, 0.3) is 5.91 Å². The van der Waals surface area contributed by atoms with Gasteiger partial charge in [-0.2, -0.15) is 0 Å². The smallest absolute Gasteiger partial charge is 0.275 e. The number of nitrogens with one attached hydrogen (secondary N) is 1. The van der Waals surface area contributed by atoms with Gasteiger partial charge in [-0.15, -0.1) is 11.3 Å². The van der Waals surface area contributed by atoms with E-state index in [4.69, 9.17) is 5.84 Å². The van der Waals surface area contributed by atoms with Crippen molar-refractivity contribution >= 4 is 17.2 Å². The van der Waals surface area contributed by atoms with Crippen LogP contribution in [0.4, 0.5) is 0 Å². The monoisotopic (exact) mass is 198 g/mol. The molecule has 0 fully saturated rings. The molecule has 0 aromatic carbocycles. The van der Waals surface area contributed by atoms with Crippen LogP contribution in [-0.4, -0.2) is 5.91 Å². The number of carbonyl (C=O) groups excluding carboxylic acids is 1. The average Bonchev–Trinajstić information content (AvgIpc) is 2.50. The van der Waals surface area contributed by atoms with Gasteiger partial charge in [-0.1, -0.05) is 20.8 Å². The van der Waals surface area contributed by atoms with E-state index in [1.165, 1.54) is 16.2 Å². The van der Waals surface area contributed by atoms with Crippen molar-refractivity contribution in [1.82, 2.24) is 5.43 Å². The highest BCUT2D eigenvalue weighted by Gasteiger charge is 2.17. The molecule has 1 aromatic rings. The molecule has 1 heterocycles. The molecule has 0 aliphatic rings. The number of hydrogen-bond donors (Lipinski definition) is 2. The highest BCUT2D eigenvalue weighted by molar-refractivity contribution is 7.14. The number of hydrogen-bond acceptors (Lipinski definition) is 3. The molecule has 3 nitrogen and oxygen atoms in total. The van der Waals surface area contributed by atoms with Crippen molar-refractivity contribution in [3.63, 3.8) is 0 Å². The van der Waals surface area contributed by atoms with Crippen molar-refractivity contribution in [2.45, 2.75) is 26.2 Å². The largest absolute Gasteiger partial charge is 0.289 e. The number of amides is 1. The molecule has 0 aliphatic carbocycles. The first-order valence-corrected chi connectivity index (χ1v) is 4.88. The first-order chi connectivity index (χ1) is 5.95. The summed E-state index contributed by atoms with van der Waals surface area (Å²) in [6.45, 7) is 6.34. The fourth-order valence-corrected chi connectivity index (χ4v) is 1.90. The Labute approximate surface area is 81.9 Å². The Morgan fingerprint density at radius 2 is 2.08 bits per heavy atom. The van der Waals surface area contributed by atoms with E-state index in [2.05, 4.69) is 26.2 Å². The van der Waals surface area contributed by atoms with E-state index in [-0.39, 0.29) is 11.3 Å². The van der Waals surface area contributed by atoms with E-state index < -0.39 is 0 Å². The maximum atomic E-state index is 11.1. The Morgan fingerprint density at radius 1 is 1.46 bits per heavy atom. The summed E-state index contributed by atoms with van der Waals surface area (Å²) in [7, 11) is 0. The normalized spacial score (nSPS) is 11.4. The van der Waals surface area contributed by atoms with Gasteiger partial charge in [0.15, 0.2) is 0 Å². The topological polar surface area (TPSA) is 55.1 Å². The molecular formula is C9H14N2OS. The van der Waals surface area contributed by atoms with Crippen LogP contribution in [0, 0.1) is 0 Å². The van der Waals surface area contributed by atoms with E-state index in [1.807, 2.05) is 6.07 Å². The molecule has 0 saturated carbocycles. The minimum atomic E-state index is -0.222. The molecule has 1 amide bonds. The maximum absolute atomic E-state index is 11.1. The molecule has 0 aliphatic heterocycles. The number of thiophene rings is 1. The minimum absolute atomic E-state index is 0.0950. The van der Waals surface area contributed by atoms with Gasteiger partial charge in [0, 0.05) is 4.88 Å². The van der Waals surface area contributed by atoms with Crippen LogP contribution in [0.25, 0.3) is 0 Å². The Kier molecular flexibility index (Phi) is 2.73. The van der Waals surface area contributed by atoms with Gasteiger partial charge < -0.3 is 0 Å². The third kappa shape index (κ3) is 2.29. The quantitative estimate of drug-likeness (QED) is 0.409. The number of nitrogens with two attached hydrogens (primary N) is 1. The van der Waals surface area contributed by atoms with Gasteiger partial charge in [-0.05, 0) is 17.5 Å². The summed E-state index contributed by atoms with van der Waals surface area (Å²) in [5.74, 6) is 4.81. The van der Waals surface area contributed by atoms with Crippen molar-refractivity contribution in [1.29, 1.82) is 0 Å². The zero-order valence-electron chi connectivity index (χ0n) is 8.05. The average molecular weight is 198 g/mol. The minimum Gasteiger partial charge on any atom is -0.289 e. The molecule has 4 heteroatoms. The molecule has 0 atom stereocenters. The van der Waals surface area contributed by atoms with Crippen LogP contribution in [0.3, 0.4) is 0 Å². The first kappa shape index (κ1) is 10.2. The number of rotatable bonds is 1. The lowest BCUT2D eigenvalue weighted by Crippen LogP contribution is -2.29. The summed E-state index contributed by atoms with van der Waals surface area (Å²) in [6, 6.07) is 3.77. The lowest BCUT2D eigenvalue weighted by molar-refractivity contribution is 0.0957. The Balaban J connectivity index is 2.93. The van der Waals surface area contributed by atoms with Gasteiger partial charge in [-0.25, -0.2) is 5.84 Å². The van der Waals surface area contributed by atoms with Crippen LogP contribution < -0.4 is 11.3 Å².